The van der Waals surface area contributed by atoms with Crippen LogP contribution < -0.4 is 5.32 Å². The van der Waals surface area contributed by atoms with Crippen molar-refractivity contribution in [1.82, 2.24) is 15.1 Å². The van der Waals surface area contributed by atoms with Gasteiger partial charge in [0.15, 0.2) is 0 Å². The summed E-state index contributed by atoms with van der Waals surface area (Å²) in [5.74, 6) is -0.139. The number of carbonyl (C=O) groups is 1. The standard InChI is InChI=1S/C16H33N3O2/c1-7-21-15(20)16(5,17-13(2)3)12-14(4)19-10-8-18(6)9-11-19/h13-14,17H,7-12H2,1-6H3. The second kappa shape index (κ2) is 8.11. The van der Waals surface area contributed by atoms with E-state index >= 15 is 0 Å². The van der Waals surface area contributed by atoms with E-state index < -0.39 is 5.54 Å². The minimum Gasteiger partial charge on any atom is -0.465 e. The summed E-state index contributed by atoms with van der Waals surface area (Å²) in [6.45, 7) is 14.9. The summed E-state index contributed by atoms with van der Waals surface area (Å²) in [7, 11) is 2.16. The van der Waals surface area contributed by atoms with Crippen LogP contribution in [0, 0.1) is 0 Å². The van der Waals surface area contributed by atoms with Gasteiger partial charge >= 0.3 is 5.97 Å². The number of nitrogens with zero attached hydrogens (tertiary/aromatic N) is 2. The third kappa shape index (κ3) is 5.57. The van der Waals surface area contributed by atoms with E-state index in [-0.39, 0.29) is 12.0 Å². The Balaban J connectivity index is 2.68. The zero-order valence-corrected chi connectivity index (χ0v) is 14.6. The first-order chi connectivity index (χ1) is 9.78. The van der Waals surface area contributed by atoms with Gasteiger partial charge < -0.3 is 9.64 Å². The summed E-state index contributed by atoms with van der Waals surface area (Å²) in [4.78, 5) is 17.2. The molecule has 0 bridgehead atoms. The normalized spacial score (nSPS) is 22.0. The van der Waals surface area contributed by atoms with Gasteiger partial charge in [0.05, 0.1) is 6.61 Å². The van der Waals surface area contributed by atoms with Crippen LogP contribution in [0.1, 0.15) is 41.0 Å². The van der Waals surface area contributed by atoms with Crippen molar-refractivity contribution in [3.8, 4) is 0 Å². The van der Waals surface area contributed by atoms with Gasteiger partial charge in [-0.1, -0.05) is 0 Å². The van der Waals surface area contributed by atoms with Crippen molar-refractivity contribution in [2.24, 2.45) is 0 Å². The van der Waals surface area contributed by atoms with E-state index in [0.29, 0.717) is 12.6 Å². The van der Waals surface area contributed by atoms with Crippen molar-refractivity contribution in [3.63, 3.8) is 0 Å². The molecule has 1 N–H and O–H groups in total. The second-order valence-corrected chi connectivity index (χ2v) is 6.74. The van der Waals surface area contributed by atoms with E-state index in [0.717, 1.165) is 32.6 Å². The Bertz CT molecular complexity index is 327. The van der Waals surface area contributed by atoms with Crippen molar-refractivity contribution in [3.05, 3.63) is 0 Å². The quantitative estimate of drug-likeness (QED) is 0.719. The van der Waals surface area contributed by atoms with Crippen LogP contribution in [0.15, 0.2) is 0 Å². The lowest BCUT2D eigenvalue weighted by Crippen LogP contribution is -2.57. The average Bonchev–Trinajstić information content (AvgIpc) is 2.38. The summed E-state index contributed by atoms with van der Waals surface area (Å²) in [6.07, 6.45) is 0.772. The molecular formula is C16H33N3O2. The lowest BCUT2D eigenvalue weighted by molar-refractivity contribution is -0.151. The number of rotatable bonds is 7. The van der Waals surface area contributed by atoms with Gasteiger partial charge in [0.1, 0.15) is 5.54 Å². The minimum atomic E-state index is -0.618. The predicted molar refractivity (Wildman–Crippen MR) is 86.5 cm³/mol. The van der Waals surface area contributed by atoms with Crippen molar-refractivity contribution in [2.75, 3.05) is 39.8 Å². The molecular weight excluding hydrogens is 266 g/mol. The number of carbonyl (C=O) groups excluding carboxylic acids is 1. The van der Waals surface area contributed by atoms with Gasteiger partial charge in [0.25, 0.3) is 0 Å². The fraction of sp³-hybridized carbons (Fsp3) is 0.938. The minimum absolute atomic E-state index is 0.139. The molecule has 1 heterocycles. The zero-order valence-electron chi connectivity index (χ0n) is 14.6. The van der Waals surface area contributed by atoms with Crippen LogP contribution in [0.25, 0.3) is 0 Å². The molecule has 0 aromatic rings. The largest absolute Gasteiger partial charge is 0.465 e. The SMILES string of the molecule is CCOC(=O)C(C)(CC(C)N1CCN(C)CC1)NC(C)C. The van der Waals surface area contributed by atoms with Crippen LogP contribution in [-0.4, -0.2) is 73.2 Å². The monoisotopic (exact) mass is 299 g/mol. The van der Waals surface area contributed by atoms with Gasteiger partial charge in [-0.05, 0) is 48.1 Å². The van der Waals surface area contributed by atoms with Crippen LogP contribution in [0.3, 0.4) is 0 Å². The van der Waals surface area contributed by atoms with E-state index in [1.165, 1.54) is 0 Å². The van der Waals surface area contributed by atoms with Gasteiger partial charge in [-0.15, -0.1) is 0 Å². The van der Waals surface area contributed by atoms with E-state index in [4.69, 9.17) is 4.74 Å². The average molecular weight is 299 g/mol. The van der Waals surface area contributed by atoms with Crippen LogP contribution in [-0.2, 0) is 9.53 Å². The molecule has 1 aliphatic heterocycles. The smallest absolute Gasteiger partial charge is 0.326 e. The molecule has 5 nitrogen and oxygen atoms in total. The maximum absolute atomic E-state index is 12.4. The predicted octanol–water partition coefficient (Wildman–Crippen LogP) is 1.33. The van der Waals surface area contributed by atoms with E-state index in [9.17, 15) is 4.79 Å². The molecule has 124 valence electrons. The summed E-state index contributed by atoms with van der Waals surface area (Å²) in [5.41, 5.74) is -0.618. The summed E-state index contributed by atoms with van der Waals surface area (Å²) >= 11 is 0. The maximum Gasteiger partial charge on any atom is 0.326 e. The molecule has 0 aromatic heterocycles. The Morgan fingerprint density at radius 2 is 1.81 bits per heavy atom. The molecule has 0 amide bonds. The number of nitrogens with one attached hydrogen (secondary N) is 1. The number of piperazine rings is 1. The van der Waals surface area contributed by atoms with Crippen molar-refractivity contribution < 1.29 is 9.53 Å². The first kappa shape index (κ1) is 18.4. The third-order valence-corrected chi connectivity index (χ3v) is 4.20. The molecule has 1 aliphatic rings. The Morgan fingerprint density at radius 1 is 1.24 bits per heavy atom. The highest BCUT2D eigenvalue weighted by atomic mass is 16.5. The molecule has 0 spiro atoms. The molecule has 0 radical (unpaired) electrons. The van der Waals surface area contributed by atoms with Crippen molar-refractivity contribution in [1.29, 1.82) is 0 Å². The molecule has 0 aliphatic carbocycles. The second-order valence-electron chi connectivity index (χ2n) is 6.74. The highest BCUT2D eigenvalue weighted by Gasteiger charge is 2.38. The van der Waals surface area contributed by atoms with E-state index in [1.54, 1.807) is 0 Å². The first-order valence-electron chi connectivity index (χ1n) is 8.16. The van der Waals surface area contributed by atoms with Crippen LogP contribution in [0.2, 0.25) is 0 Å². The molecule has 1 fully saturated rings. The fourth-order valence-corrected chi connectivity index (χ4v) is 3.11. The van der Waals surface area contributed by atoms with Gasteiger partial charge in [-0.25, -0.2) is 0 Å². The van der Waals surface area contributed by atoms with E-state index in [1.807, 2.05) is 13.8 Å². The molecule has 1 saturated heterocycles. The summed E-state index contributed by atoms with van der Waals surface area (Å²) in [5, 5.41) is 3.41. The van der Waals surface area contributed by atoms with Crippen molar-refractivity contribution >= 4 is 5.97 Å². The van der Waals surface area contributed by atoms with Gasteiger partial charge in [-0.2, -0.15) is 0 Å². The molecule has 1 rings (SSSR count). The Kier molecular flexibility index (Phi) is 7.10. The van der Waals surface area contributed by atoms with Gasteiger partial charge in [0, 0.05) is 38.3 Å². The Morgan fingerprint density at radius 3 is 2.29 bits per heavy atom. The summed E-state index contributed by atoms with van der Waals surface area (Å²) in [6, 6.07) is 0.610. The topological polar surface area (TPSA) is 44.8 Å². The fourth-order valence-electron chi connectivity index (χ4n) is 3.11. The number of ether oxygens (including phenoxy) is 1. The highest BCUT2D eigenvalue weighted by molar-refractivity contribution is 5.80. The number of esters is 1. The molecule has 0 aromatic carbocycles. The third-order valence-electron chi connectivity index (χ3n) is 4.20. The zero-order chi connectivity index (χ0) is 16.0. The van der Waals surface area contributed by atoms with Gasteiger partial charge in [-0.3, -0.25) is 15.0 Å². The lowest BCUT2D eigenvalue weighted by Gasteiger charge is -2.40. The maximum atomic E-state index is 12.4. The number of likely N-dealkylation sites (N-methyl/N-ethyl adjacent to an activating group) is 1. The van der Waals surface area contributed by atoms with Crippen molar-refractivity contribution in [2.45, 2.75) is 58.7 Å². The lowest BCUT2D eigenvalue weighted by atomic mass is 9.91. The highest BCUT2D eigenvalue weighted by Crippen LogP contribution is 2.20. The van der Waals surface area contributed by atoms with Crippen LogP contribution >= 0.6 is 0 Å². The molecule has 2 atom stereocenters. The molecule has 5 heteroatoms. The Hall–Kier alpha value is -0.650. The molecule has 21 heavy (non-hydrogen) atoms. The van der Waals surface area contributed by atoms with Gasteiger partial charge in [0.2, 0.25) is 0 Å². The van der Waals surface area contributed by atoms with Crippen LogP contribution in [0.4, 0.5) is 0 Å². The summed E-state index contributed by atoms with van der Waals surface area (Å²) < 4.78 is 5.29. The first-order valence-corrected chi connectivity index (χ1v) is 8.16. The Labute approximate surface area is 130 Å². The van der Waals surface area contributed by atoms with Crippen LogP contribution in [0.5, 0.6) is 0 Å². The number of hydrogen-bond acceptors (Lipinski definition) is 5. The molecule has 2 unspecified atom stereocenters. The molecule has 0 saturated carbocycles. The van der Waals surface area contributed by atoms with E-state index in [2.05, 4.69) is 42.9 Å². The number of hydrogen-bond donors (Lipinski definition) is 1.